The Morgan fingerprint density at radius 1 is 0.880 bits per heavy atom. The molecule has 1 aliphatic rings. The molecule has 3 aromatic rings. The van der Waals surface area contributed by atoms with Crippen LogP contribution >= 0.6 is 0 Å². The Bertz CT molecular complexity index is 881. The third-order valence-electron chi connectivity index (χ3n) is 5.53. The van der Waals surface area contributed by atoms with Gasteiger partial charge in [0.1, 0.15) is 5.82 Å². The highest BCUT2D eigenvalue weighted by atomic mass is 19.1. The Balaban J connectivity index is 1.76. The number of hydrogen-bond donors (Lipinski definition) is 0. The SMILES string of the molecule is CCC1Cc2ccccc2[C@@H](c2cccc(-c3cccc(F)c3)c2)C1. The summed E-state index contributed by atoms with van der Waals surface area (Å²) in [5, 5.41) is 0. The Morgan fingerprint density at radius 2 is 1.64 bits per heavy atom. The zero-order chi connectivity index (χ0) is 17.2. The van der Waals surface area contributed by atoms with E-state index in [4.69, 9.17) is 0 Å². The first kappa shape index (κ1) is 16.1. The molecule has 0 bridgehead atoms. The summed E-state index contributed by atoms with van der Waals surface area (Å²) in [6.45, 7) is 2.29. The van der Waals surface area contributed by atoms with E-state index in [1.54, 1.807) is 12.1 Å². The van der Waals surface area contributed by atoms with Crippen molar-refractivity contribution in [3.05, 3.63) is 95.3 Å². The predicted octanol–water partition coefficient (Wildman–Crippen LogP) is 6.60. The van der Waals surface area contributed by atoms with Crippen molar-refractivity contribution < 1.29 is 4.39 Å². The quantitative estimate of drug-likeness (QED) is 0.507. The lowest BCUT2D eigenvalue weighted by Crippen LogP contribution is -2.19. The van der Waals surface area contributed by atoms with Crippen LogP contribution in [0.5, 0.6) is 0 Å². The topological polar surface area (TPSA) is 0 Å². The highest BCUT2D eigenvalue weighted by Crippen LogP contribution is 2.41. The van der Waals surface area contributed by atoms with E-state index in [1.165, 1.54) is 42.0 Å². The molecule has 25 heavy (non-hydrogen) atoms. The molecule has 0 spiro atoms. The molecule has 126 valence electrons. The average Bonchev–Trinajstić information content (AvgIpc) is 2.67. The highest BCUT2D eigenvalue weighted by molar-refractivity contribution is 5.64. The third kappa shape index (κ3) is 3.24. The lowest BCUT2D eigenvalue weighted by Gasteiger charge is -2.31. The second kappa shape index (κ2) is 6.84. The zero-order valence-electron chi connectivity index (χ0n) is 14.6. The second-order valence-corrected chi connectivity index (χ2v) is 7.10. The first-order chi connectivity index (χ1) is 12.2. The van der Waals surface area contributed by atoms with Gasteiger partial charge in [0.05, 0.1) is 0 Å². The van der Waals surface area contributed by atoms with E-state index in [1.807, 2.05) is 6.07 Å². The Labute approximate surface area is 149 Å². The summed E-state index contributed by atoms with van der Waals surface area (Å²) in [5.41, 5.74) is 6.32. The molecular weight excluding hydrogens is 307 g/mol. The largest absolute Gasteiger partial charge is 0.207 e. The van der Waals surface area contributed by atoms with Crippen LogP contribution in [0.3, 0.4) is 0 Å². The van der Waals surface area contributed by atoms with Crippen molar-refractivity contribution in [2.24, 2.45) is 5.92 Å². The fourth-order valence-corrected chi connectivity index (χ4v) is 4.14. The standard InChI is InChI=1S/C24H23F/c1-2-17-13-20-7-3-4-12-23(20)24(14-17)21-10-5-8-18(15-21)19-9-6-11-22(25)16-19/h3-12,15-17,24H,2,13-14H2,1H3/t17?,24-/m1/s1. The lowest BCUT2D eigenvalue weighted by atomic mass is 9.73. The molecular formula is C24H23F. The van der Waals surface area contributed by atoms with Gasteiger partial charge < -0.3 is 0 Å². The second-order valence-electron chi connectivity index (χ2n) is 7.10. The summed E-state index contributed by atoms with van der Waals surface area (Å²) in [6, 6.07) is 24.4. The maximum atomic E-state index is 13.6. The van der Waals surface area contributed by atoms with Gasteiger partial charge >= 0.3 is 0 Å². The minimum Gasteiger partial charge on any atom is -0.207 e. The van der Waals surface area contributed by atoms with Crippen LogP contribution in [0.4, 0.5) is 4.39 Å². The summed E-state index contributed by atoms with van der Waals surface area (Å²) < 4.78 is 13.6. The smallest absolute Gasteiger partial charge is 0.123 e. The molecule has 1 unspecified atom stereocenters. The summed E-state index contributed by atoms with van der Waals surface area (Å²) in [5.74, 6) is 0.984. The van der Waals surface area contributed by atoms with Crippen molar-refractivity contribution >= 4 is 0 Å². The molecule has 0 aromatic heterocycles. The average molecular weight is 330 g/mol. The van der Waals surface area contributed by atoms with Gasteiger partial charge in [0.15, 0.2) is 0 Å². The molecule has 0 saturated carbocycles. The van der Waals surface area contributed by atoms with Gasteiger partial charge in [0, 0.05) is 5.92 Å². The van der Waals surface area contributed by atoms with E-state index in [2.05, 4.69) is 55.5 Å². The van der Waals surface area contributed by atoms with Gasteiger partial charge in [-0.2, -0.15) is 0 Å². The van der Waals surface area contributed by atoms with Gasteiger partial charge in [-0.1, -0.05) is 74.0 Å². The van der Waals surface area contributed by atoms with Crippen molar-refractivity contribution in [2.75, 3.05) is 0 Å². The molecule has 0 amide bonds. The van der Waals surface area contributed by atoms with Crippen LogP contribution in [0, 0.1) is 11.7 Å². The Morgan fingerprint density at radius 3 is 2.44 bits per heavy atom. The van der Waals surface area contributed by atoms with E-state index >= 15 is 0 Å². The molecule has 0 radical (unpaired) electrons. The third-order valence-corrected chi connectivity index (χ3v) is 5.53. The van der Waals surface area contributed by atoms with Gasteiger partial charge in [0.2, 0.25) is 0 Å². The minimum atomic E-state index is -0.183. The van der Waals surface area contributed by atoms with Gasteiger partial charge in [-0.05, 0) is 58.7 Å². The number of benzene rings is 3. The molecule has 0 saturated heterocycles. The molecule has 2 atom stereocenters. The normalized spacial score (nSPS) is 19.4. The Kier molecular flexibility index (Phi) is 4.40. The lowest BCUT2D eigenvalue weighted by molar-refractivity contribution is 0.416. The van der Waals surface area contributed by atoms with Crippen molar-refractivity contribution in [3.8, 4) is 11.1 Å². The van der Waals surface area contributed by atoms with Crippen LogP contribution in [-0.2, 0) is 6.42 Å². The molecule has 0 nitrogen and oxygen atoms in total. The van der Waals surface area contributed by atoms with Gasteiger partial charge in [-0.25, -0.2) is 4.39 Å². The summed E-state index contributed by atoms with van der Waals surface area (Å²) in [4.78, 5) is 0. The van der Waals surface area contributed by atoms with Crippen LogP contribution in [0.1, 0.15) is 42.4 Å². The van der Waals surface area contributed by atoms with Crippen LogP contribution in [-0.4, -0.2) is 0 Å². The predicted molar refractivity (Wildman–Crippen MR) is 102 cm³/mol. The van der Waals surface area contributed by atoms with Gasteiger partial charge in [0.25, 0.3) is 0 Å². The zero-order valence-corrected chi connectivity index (χ0v) is 14.6. The molecule has 0 heterocycles. The Hall–Kier alpha value is -2.41. The van der Waals surface area contributed by atoms with E-state index in [0.29, 0.717) is 5.92 Å². The maximum Gasteiger partial charge on any atom is 0.123 e. The molecule has 4 rings (SSSR count). The van der Waals surface area contributed by atoms with Crippen molar-refractivity contribution in [1.82, 2.24) is 0 Å². The molecule has 1 aliphatic carbocycles. The number of hydrogen-bond acceptors (Lipinski definition) is 0. The summed E-state index contributed by atoms with van der Waals surface area (Å²) >= 11 is 0. The minimum absolute atomic E-state index is 0.183. The van der Waals surface area contributed by atoms with Crippen molar-refractivity contribution in [3.63, 3.8) is 0 Å². The summed E-state index contributed by atoms with van der Waals surface area (Å²) in [6.07, 6.45) is 3.60. The fraction of sp³-hybridized carbons (Fsp3) is 0.250. The molecule has 1 heteroatoms. The van der Waals surface area contributed by atoms with Crippen LogP contribution < -0.4 is 0 Å². The first-order valence-corrected chi connectivity index (χ1v) is 9.18. The van der Waals surface area contributed by atoms with Crippen molar-refractivity contribution in [1.29, 1.82) is 0 Å². The van der Waals surface area contributed by atoms with Crippen molar-refractivity contribution in [2.45, 2.75) is 32.1 Å². The van der Waals surface area contributed by atoms with Crippen LogP contribution in [0.25, 0.3) is 11.1 Å². The van der Waals surface area contributed by atoms with Gasteiger partial charge in [-0.15, -0.1) is 0 Å². The van der Waals surface area contributed by atoms with E-state index in [0.717, 1.165) is 17.0 Å². The molecule has 3 aromatic carbocycles. The number of halogens is 1. The monoisotopic (exact) mass is 330 g/mol. The number of rotatable bonds is 3. The summed E-state index contributed by atoms with van der Waals surface area (Å²) in [7, 11) is 0. The molecule has 0 N–H and O–H groups in total. The molecule has 0 fully saturated rings. The molecule has 0 aliphatic heterocycles. The van der Waals surface area contributed by atoms with E-state index in [9.17, 15) is 4.39 Å². The van der Waals surface area contributed by atoms with Crippen LogP contribution in [0.15, 0.2) is 72.8 Å². The number of fused-ring (bicyclic) bond motifs is 1. The van der Waals surface area contributed by atoms with Crippen LogP contribution in [0.2, 0.25) is 0 Å². The van der Waals surface area contributed by atoms with E-state index < -0.39 is 0 Å². The van der Waals surface area contributed by atoms with Gasteiger partial charge in [-0.3, -0.25) is 0 Å². The first-order valence-electron chi connectivity index (χ1n) is 9.18. The maximum absolute atomic E-state index is 13.6. The highest BCUT2D eigenvalue weighted by Gasteiger charge is 2.27. The fourth-order valence-electron chi connectivity index (χ4n) is 4.14. The van der Waals surface area contributed by atoms with E-state index in [-0.39, 0.29) is 5.82 Å².